The molecule has 0 aromatic heterocycles. The van der Waals surface area contributed by atoms with E-state index in [1.807, 2.05) is 25.1 Å². The van der Waals surface area contributed by atoms with E-state index < -0.39 is 13.4 Å². The maximum Gasteiger partial charge on any atom is 0.358 e. The molecule has 0 fully saturated rings. The van der Waals surface area contributed by atoms with Gasteiger partial charge in [-0.05, 0) is 29.8 Å². The predicted molar refractivity (Wildman–Crippen MR) is 73.4 cm³/mol. The molecule has 0 radical (unpaired) electrons. The van der Waals surface area contributed by atoms with Crippen LogP contribution in [0.3, 0.4) is 0 Å². The number of hydrogen-bond donors (Lipinski definition) is 3. The fourth-order valence-electron chi connectivity index (χ4n) is 1.79. The van der Waals surface area contributed by atoms with Gasteiger partial charge < -0.3 is 14.9 Å². The van der Waals surface area contributed by atoms with E-state index in [2.05, 4.69) is 15.9 Å². The highest BCUT2D eigenvalue weighted by Crippen LogP contribution is 2.51. The summed E-state index contributed by atoms with van der Waals surface area (Å²) in [6, 6.07) is 9.10. The van der Waals surface area contributed by atoms with Gasteiger partial charge in [0.05, 0.1) is 0 Å². The van der Waals surface area contributed by atoms with Crippen LogP contribution in [0.1, 0.15) is 17.0 Å². The lowest BCUT2D eigenvalue weighted by Crippen LogP contribution is -1.99. The molecule has 1 unspecified atom stereocenters. The predicted octanol–water partition coefficient (Wildman–Crippen LogP) is 3.08. The van der Waals surface area contributed by atoms with Crippen LogP contribution < -0.4 is 0 Å². The van der Waals surface area contributed by atoms with E-state index in [0.717, 1.165) is 16.3 Å². The SMILES string of the molecule is Cc1ccc2cc(Br)c(C(O)P(=O)(O)O)cc2c1. The first-order valence-corrected chi connectivity index (χ1v) is 7.69. The minimum atomic E-state index is -4.57. The van der Waals surface area contributed by atoms with Crippen molar-refractivity contribution in [3.8, 4) is 0 Å². The van der Waals surface area contributed by atoms with Gasteiger partial charge in [-0.1, -0.05) is 39.7 Å². The maximum atomic E-state index is 11.1. The van der Waals surface area contributed by atoms with Crippen molar-refractivity contribution in [2.45, 2.75) is 12.8 Å². The molecule has 0 saturated heterocycles. The van der Waals surface area contributed by atoms with E-state index in [9.17, 15) is 9.67 Å². The fourth-order valence-corrected chi connectivity index (χ4v) is 3.12. The Morgan fingerprint density at radius 3 is 2.44 bits per heavy atom. The average molecular weight is 331 g/mol. The number of aliphatic hydroxyl groups is 1. The molecular formula is C12H12BrO4P. The summed E-state index contributed by atoms with van der Waals surface area (Å²) < 4.78 is 11.6. The fraction of sp³-hybridized carbons (Fsp3) is 0.167. The van der Waals surface area contributed by atoms with Gasteiger partial charge in [-0.25, -0.2) is 0 Å². The molecular weight excluding hydrogens is 319 g/mol. The number of benzene rings is 2. The van der Waals surface area contributed by atoms with E-state index in [-0.39, 0.29) is 5.56 Å². The zero-order valence-corrected chi connectivity index (χ0v) is 12.0. The molecule has 0 bridgehead atoms. The smallest absolute Gasteiger partial charge is 0.358 e. The molecule has 0 saturated carbocycles. The van der Waals surface area contributed by atoms with Gasteiger partial charge in [0.15, 0.2) is 5.85 Å². The van der Waals surface area contributed by atoms with E-state index in [0.29, 0.717) is 4.47 Å². The van der Waals surface area contributed by atoms with Crippen molar-refractivity contribution >= 4 is 34.3 Å². The van der Waals surface area contributed by atoms with Gasteiger partial charge in [-0.2, -0.15) is 0 Å². The molecule has 4 nitrogen and oxygen atoms in total. The molecule has 0 amide bonds. The molecule has 0 aliphatic heterocycles. The summed E-state index contributed by atoms with van der Waals surface area (Å²) in [7, 11) is -4.57. The van der Waals surface area contributed by atoms with Crippen LogP contribution in [-0.2, 0) is 4.57 Å². The van der Waals surface area contributed by atoms with Crippen molar-refractivity contribution in [1.29, 1.82) is 0 Å². The van der Waals surface area contributed by atoms with Crippen LogP contribution in [-0.4, -0.2) is 14.9 Å². The Morgan fingerprint density at radius 2 is 1.83 bits per heavy atom. The van der Waals surface area contributed by atoms with Crippen LogP contribution in [0.4, 0.5) is 0 Å². The second kappa shape index (κ2) is 4.76. The van der Waals surface area contributed by atoms with Crippen molar-refractivity contribution in [2.24, 2.45) is 0 Å². The second-order valence-corrected chi connectivity index (χ2v) is 6.71. The average Bonchev–Trinajstić information content (AvgIpc) is 2.26. The Balaban J connectivity index is 2.65. The number of halogens is 1. The zero-order chi connectivity index (χ0) is 13.5. The quantitative estimate of drug-likeness (QED) is 0.739. The number of aryl methyl sites for hydroxylation is 1. The van der Waals surface area contributed by atoms with Gasteiger partial charge in [0.2, 0.25) is 0 Å². The molecule has 1 atom stereocenters. The lowest BCUT2D eigenvalue weighted by molar-refractivity contribution is 0.205. The molecule has 18 heavy (non-hydrogen) atoms. The van der Waals surface area contributed by atoms with Crippen molar-refractivity contribution < 1.29 is 19.5 Å². The van der Waals surface area contributed by atoms with Gasteiger partial charge >= 0.3 is 7.60 Å². The van der Waals surface area contributed by atoms with Crippen LogP contribution in [0.15, 0.2) is 34.8 Å². The molecule has 0 heterocycles. The topological polar surface area (TPSA) is 77.8 Å². The van der Waals surface area contributed by atoms with E-state index in [4.69, 9.17) is 9.79 Å². The Labute approximate surface area is 113 Å². The summed E-state index contributed by atoms with van der Waals surface area (Å²) in [5.74, 6) is -1.81. The largest absolute Gasteiger partial charge is 0.376 e. The maximum absolute atomic E-state index is 11.1. The van der Waals surface area contributed by atoms with E-state index >= 15 is 0 Å². The van der Waals surface area contributed by atoms with Crippen LogP contribution in [0.5, 0.6) is 0 Å². The summed E-state index contributed by atoms with van der Waals surface area (Å²) in [5, 5.41) is 11.4. The van der Waals surface area contributed by atoms with Gasteiger partial charge in [0.25, 0.3) is 0 Å². The zero-order valence-electron chi connectivity index (χ0n) is 9.54. The molecule has 3 N–H and O–H groups in total. The summed E-state index contributed by atoms with van der Waals surface area (Å²) in [6.07, 6.45) is 0. The van der Waals surface area contributed by atoms with Crippen LogP contribution in [0.2, 0.25) is 0 Å². The molecule has 2 aromatic carbocycles. The number of rotatable bonds is 2. The lowest BCUT2D eigenvalue weighted by atomic mass is 10.1. The third-order valence-corrected chi connectivity index (χ3v) is 4.31. The molecule has 0 aliphatic rings. The number of aliphatic hydroxyl groups excluding tert-OH is 1. The van der Waals surface area contributed by atoms with Crippen molar-refractivity contribution in [2.75, 3.05) is 0 Å². The van der Waals surface area contributed by atoms with Crippen LogP contribution in [0, 0.1) is 6.92 Å². The van der Waals surface area contributed by atoms with Gasteiger partial charge in [-0.3, -0.25) is 4.57 Å². The minimum absolute atomic E-state index is 0.196. The summed E-state index contributed by atoms with van der Waals surface area (Å²) in [4.78, 5) is 18.1. The van der Waals surface area contributed by atoms with E-state index in [1.54, 1.807) is 12.1 Å². The first-order valence-electron chi connectivity index (χ1n) is 5.22. The van der Waals surface area contributed by atoms with Gasteiger partial charge in [-0.15, -0.1) is 0 Å². The second-order valence-electron chi connectivity index (χ2n) is 4.19. The molecule has 2 rings (SSSR count). The van der Waals surface area contributed by atoms with Crippen molar-refractivity contribution in [3.63, 3.8) is 0 Å². The molecule has 0 spiro atoms. The molecule has 6 heteroatoms. The Hall–Kier alpha value is -0.710. The van der Waals surface area contributed by atoms with Gasteiger partial charge in [0, 0.05) is 10.0 Å². The first kappa shape index (κ1) is 13.7. The lowest BCUT2D eigenvalue weighted by Gasteiger charge is -2.15. The number of fused-ring (bicyclic) bond motifs is 1. The standard InChI is InChI=1S/C12H12BrO4P/c1-7-2-3-8-6-11(13)10(5-9(8)4-7)12(14)18(15,16)17/h2-6,12,14H,1H3,(H2,15,16,17). The summed E-state index contributed by atoms with van der Waals surface area (Å²) in [6.45, 7) is 1.93. The minimum Gasteiger partial charge on any atom is -0.376 e. The highest BCUT2D eigenvalue weighted by molar-refractivity contribution is 9.10. The summed E-state index contributed by atoms with van der Waals surface area (Å²) in [5.41, 5.74) is 1.24. The van der Waals surface area contributed by atoms with E-state index in [1.165, 1.54) is 0 Å². The monoisotopic (exact) mass is 330 g/mol. The Bertz CT molecular complexity index is 650. The molecule has 96 valence electrons. The van der Waals surface area contributed by atoms with Crippen LogP contribution in [0.25, 0.3) is 10.8 Å². The van der Waals surface area contributed by atoms with Crippen molar-refractivity contribution in [1.82, 2.24) is 0 Å². The third-order valence-electron chi connectivity index (χ3n) is 2.71. The normalized spacial score (nSPS) is 13.8. The Kier molecular flexibility index (Phi) is 3.63. The van der Waals surface area contributed by atoms with Crippen molar-refractivity contribution in [3.05, 3.63) is 45.9 Å². The highest BCUT2D eigenvalue weighted by Gasteiger charge is 2.29. The first-order chi connectivity index (χ1) is 8.29. The summed E-state index contributed by atoms with van der Waals surface area (Å²) >= 11 is 3.23. The van der Waals surface area contributed by atoms with Gasteiger partial charge in [0.1, 0.15) is 0 Å². The highest BCUT2D eigenvalue weighted by atomic mass is 79.9. The number of hydrogen-bond acceptors (Lipinski definition) is 2. The molecule has 2 aromatic rings. The van der Waals surface area contributed by atoms with Crippen LogP contribution >= 0.6 is 23.5 Å². The Morgan fingerprint density at radius 1 is 1.17 bits per heavy atom. The molecule has 0 aliphatic carbocycles. The third kappa shape index (κ3) is 2.66.